The minimum absolute atomic E-state index is 0. The molecule has 2 bridgehead atoms. The van der Waals surface area contributed by atoms with Crippen molar-refractivity contribution < 1.29 is 58.3 Å². The van der Waals surface area contributed by atoms with E-state index in [0.717, 1.165) is 38.2 Å². The molecule has 7 atom stereocenters. The fraction of sp³-hybridized carbons (Fsp3) is 0.867. The van der Waals surface area contributed by atoms with Crippen LogP contribution in [0.5, 0.6) is 0 Å². The van der Waals surface area contributed by atoms with Gasteiger partial charge in [0.05, 0.1) is 5.60 Å². The molecular weight excluding hydrogens is 549 g/mol. The van der Waals surface area contributed by atoms with E-state index in [2.05, 4.69) is 11.7 Å². The topological polar surface area (TPSA) is 87.1 Å². The van der Waals surface area contributed by atoms with E-state index in [1.54, 1.807) is 0 Å². The zero-order valence-corrected chi connectivity index (χ0v) is 17.9. The average molecular weight is 570 g/mol. The quantitative estimate of drug-likeness (QED) is 0.301. The first-order chi connectivity index (χ1) is 9.95. The summed E-state index contributed by atoms with van der Waals surface area (Å²) in [7, 11) is -4.66. The van der Waals surface area contributed by atoms with Crippen molar-refractivity contribution in [2.75, 3.05) is 0 Å². The maximum Gasteiger partial charge on any atom is 2.00 e. The van der Waals surface area contributed by atoms with Crippen LogP contribution in [0.15, 0.2) is 0 Å². The first kappa shape index (κ1) is 18.6. The van der Waals surface area contributed by atoms with Crippen molar-refractivity contribution in [3.05, 3.63) is 13.5 Å². The van der Waals surface area contributed by atoms with Crippen LogP contribution in [0.4, 0.5) is 4.39 Å². The predicted octanol–water partition coefficient (Wildman–Crippen LogP) is 1.88. The average Bonchev–Trinajstić information content (AvgIpc) is 3.10. The fourth-order valence-electron chi connectivity index (χ4n) is 5.94. The summed E-state index contributed by atoms with van der Waals surface area (Å²) in [6.07, 6.45) is 5.00. The fourth-order valence-corrected chi connectivity index (χ4v) is 6.35. The monoisotopic (exact) mass is 570 g/mol. The van der Waals surface area contributed by atoms with E-state index in [9.17, 15) is 17.9 Å². The molecule has 4 saturated carbocycles. The number of alkyl halides is 1. The second kappa shape index (κ2) is 4.95. The van der Waals surface area contributed by atoms with Gasteiger partial charge in [0.2, 0.25) is 5.00 Å². The summed E-state index contributed by atoms with van der Waals surface area (Å²) >= 11 is 0. The van der Waals surface area contributed by atoms with Gasteiger partial charge in [-0.2, -0.15) is 15.0 Å². The Kier molecular flexibility index (Phi) is 4.00. The second-order valence-corrected chi connectivity index (χ2v) is 9.77. The minimum Gasteiger partial charge on any atom is -0.567 e. The van der Waals surface area contributed by atoms with Crippen LogP contribution in [0.25, 0.3) is 0 Å². The molecule has 0 amide bonds. The Labute approximate surface area is 159 Å². The van der Waals surface area contributed by atoms with Crippen molar-refractivity contribution >= 4 is 10.1 Å². The van der Waals surface area contributed by atoms with Crippen molar-refractivity contribution in [2.45, 2.75) is 55.7 Å². The van der Waals surface area contributed by atoms with Crippen molar-refractivity contribution in [1.82, 2.24) is 0 Å². The third-order valence-corrected chi connectivity index (χ3v) is 8.14. The Balaban J connectivity index is 0.000000133. The van der Waals surface area contributed by atoms with Crippen LogP contribution in [0.1, 0.15) is 39.0 Å². The Morgan fingerprint density at radius 3 is 2.22 bits per heavy atom. The molecule has 5 aliphatic rings. The molecule has 5 nitrogen and oxygen atoms in total. The van der Waals surface area contributed by atoms with E-state index in [4.69, 9.17) is 4.55 Å². The second-order valence-electron chi connectivity index (χ2n) is 8.02. The van der Waals surface area contributed by atoms with E-state index in [0.29, 0.717) is 10.8 Å². The van der Waals surface area contributed by atoms with Gasteiger partial charge in [0, 0.05) is 0 Å². The molecule has 7 unspecified atom stereocenters. The number of halogens is 1. The molecule has 0 aromatic carbocycles. The van der Waals surface area contributed by atoms with Crippen LogP contribution in [-0.2, 0) is 14.9 Å². The normalized spacial score (nSPS) is 53.5. The van der Waals surface area contributed by atoms with Crippen molar-refractivity contribution in [3.8, 4) is 0 Å². The molecule has 23 heavy (non-hydrogen) atoms. The predicted molar refractivity (Wildman–Crippen MR) is 75.5 cm³/mol. The molecule has 0 radical (unpaired) electrons. The summed E-state index contributed by atoms with van der Waals surface area (Å²) in [5, 5.41) is 7.66. The smallest absolute Gasteiger partial charge is 0.567 e. The summed E-state index contributed by atoms with van der Waals surface area (Å²) in [5.41, 5.74) is 0.388. The molecular formula is C15H21FO5SU. The first-order valence-corrected chi connectivity index (χ1v) is 9.12. The van der Waals surface area contributed by atoms with Crippen LogP contribution >= 0.6 is 0 Å². The molecule has 1 heterocycles. The summed E-state index contributed by atoms with van der Waals surface area (Å²) in [4.78, 5) is 0. The van der Waals surface area contributed by atoms with Gasteiger partial charge in [0.15, 0.2) is 0 Å². The van der Waals surface area contributed by atoms with Crippen LogP contribution < -0.4 is 0 Å². The van der Waals surface area contributed by atoms with Crippen LogP contribution in [0.2, 0.25) is 0 Å². The van der Waals surface area contributed by atoms with E-state index in [1.165, 1.54) is 19.3 Å². The third kappa shape index (κ3) is 2.15. The summed E-state index contributed by atoms with van der Waals surface area (Å²) in [6, 6.07) is 0. The summed E-state index contributed by atoms with van der Waals surface area (Å²) in [6.45, 7) is 6.13. The van der Waals surface area contributed by atoms with Crippen LogP contribution in [-0.4, -0.2) is 34.8 Å². The molecule has 0 aromatic heterocycles. The zero-order valence-electron chi connectivity index (χ0n) is 13.0. The standard InChI is InChI=1S/C11H15O.C4H6FO4S.U/c1-9-2-7-3-10(12)6-8(5-9)11(9,10)4-7;1-4(5,3-2-9-3)10(6,7)8;/h7-8,12H,1-6H2;2-3H,1H3,(H,6,7,8);/q2*-1;+2. The first-order valence-electron chi connectivity index (χ1n) is 7.68. The Bertz CT molecular complexity index is 612. The number of epoxide rings is 1. The molecule has 5 rings (SSSR count). The Morgan fingerprint density at radius 1 is 1.30 bits per heavy atom. The summed E-state index contributed by atoms with van der Waals surface area (Å²) < 4.78 is 45.7. The van der Waals surface area contributed by atoms with Crippen LogP contribution in [0, 0.1) is 67.3 Å². The van der Waals surface area contributed by atoms with Gasteiger partial charge in [-0.05, 0) is 49.5 Å². The number of hydrogen-bond donors (Lipinski definition) is 2. The van der Waals surface area contributed by atoms with Gasteiger partial charge in [0.1, 0.15) is 0 Å². The molecule has 4 aliphatic carbocycles. The van der Waals surface area contributed by atoms with E-state index >= 15 is 0 Å². The molecule has 2 N–H and O–H groups in total. The van der Waals surface area contributed by atoms with E-state index in [-0.39, 0.29) is 36.7 Å². The molecule has 1 aliphatic heterocycles. The van der Waals surface area contributed by atoms with E-state index in [1.807, 2.05) is 0 Å². The molecule has 0 aromatic rings. The molecule has 8 heteroatoms. The SMILES string of the molecule is CC(F)(C1[CH-]O1)S(=O)(=O)O.[CH2-]C12CC3CC4(O)CC(C1)C24C3.[U+2]. The van der Waals surface area contributed by atoms with E-state index < -0.39 is 21.2 Å². The minimum atomic E-state index is -4.66. The van der Waals surface area contributed by atoms with Crippen molar-refractivity contribution in [1.29, 1.82) is 0 Å². The largest absolute Gasteiger partial charge is 2.00 e. The molecule has 1 saturated heterocycles. The van der Waals surface area contributed by atoms with Gasteiger partial charge in [0.25, 0.3) is 10.1 Å². The maximum atomic E-state index is 12.8. The van der Waals surface area contributed by atoms with Gasteiger partial charge in [-0.3, -0.25) is 4.55 Å². The van der Waals surface area contributed by atoms with Gasteiger partial charge in [-0.25, -0.2) is 4.39 Å². The molecule has 1 spiro atoms. The van der Waals surface area contributed by atoms with Crippen LogP contribution in [0.3, 0.4) is 0 Å². The van der Waals surface area contributed by atoms with Gasteiger partial charge < -0.3 is 16.8 Å². The third-order valence-electron chi connectivity index (χ3n) is 6.90. The number of aliphatic hydroxyl groups is 1. The molecule has 5 fully saturated rings. The number of fused-ring (bicyclic) bond motifs is 1. The Morgan fingerprint density at radius 2 is 1.91 bits per heavy atom. The van der Waals surface area contributed by atoms with Crippen molar-refractivity contribution in [2.24, 2.45) is 22.7 Å². The summed E-state index contributed by atoms with van der Waals surface area (Å²) in [5.74, 6) is 1.67. The maximum absolute atomic E-state index is 12.8. The van der Waals surface area contributed by atoms with Crippen molar-refractivity contribution in [3.63, 3.8) is 0 Å². The molecule has 128 valence electrons. The Hall–Kier alpha value is 0.812. The zero-order chi connectivity index (χ0) is 16.2. The van der Waals surface area contributed by atoms with Gasteiger partial charge in [-0.1, -0.05) is 12.8 Å². The van der Waals surface area contributed by atoms with Gasteiger partial charge >= 0.3 is 31.1 Å². The van der Waals surface area contributed by atoms with Gasteiger partial charge in [-0.15, -0.1) is 5.41 Å². The number of hydrogen-bond acceptors (Lipinski definition) is 4. The number of rotatable bonds is 2. The number of ether oxygens (including phenoxy) is 1.